The van der Waals surface area contributed by atoms with E-state index in [-0.39, 0.29) is 61.9 Å². The highest BCUT2D eigenvalue weighted by molar-refractivity contribution is 5.67. The average Bonchev–Trinajstić information content (AvgIpc) is 3.33. The maximum atomic E-state index is 12.5. The lowest BCUT2D eigenvalue weighted by Gasteiger charge is -2.30. The van der Waals surface area contributed by atoms with Crippen LogP contribution in [0.15, 0.2) is 146 Å². The fraction of sp³-hybridized carbons (Fsp3) is 0.304. The number of rotatable bonds is 4. The summed E-state index contributed by atoms with van der Waals surface area (Å²) in [6.45, 7) is 27.6. The first-order valence-corrected chi connectivity index (χ1v) is 26.4. The van der Waals surface area contributed by atoms with Crippen molar-refractivity contribution < 1.29 is 35.7 Å². The third-order valence-electron chi connectivity index (χ3n) is 15.9. The van der Waals surface area contributed by atoms with E-state index in [2.05, 4.69) is 132 Å². The van der Waals surface area contributed by atoms with Gasteiger partial charge in [-0.3, -0.25) is 0 Å². The lowest BCUT2D eigenvalue weighted by atomic mass is 9.74. The molecular weight excluding hydrogens is 941 g/mol. The van der Waals surface area contributed by atoms with E-state index in [1.807, 2.05) is 67.6 Å². The maximum absolute atomic E-state index is 12.5. The largest absolute Gasteiger partial charge is 0.508 e. The van der Waals surface area contributed by atoms with E-state index in [0.717, 1.165) is 50.1 Å². The van der Waals surface area contributed by atoms with Gasteiger partial charge in [0.25, 0.3) is 0 Å². The van der Waals surface area contributed by atoms with Gasteiger partial charge in [0.1, 0.15) is 40.2 Å². The van der Waals surface area contributed by atoms with Crippen LogP contribution in [-0.4, -0.2) is 35.7 Å². The van der Waals surface area contributed by atoms with Gasteiger partial charge < -0.3 is 35.7 Å². The molecule has 76 heavy (non-hydrogen) atoms. The third-order valence-corrected chi connectivity index (χ3v) is 15.9. The van der Waals surface area contributed by atoms with Gasteiger partial charge in [0.05, 0.1) is 0 Å². The molecule has 7 heteroatoms. The lowest BCUT2D eigenvalue weighted by Crippen LogP contribution is -2.15. The number of hydrogen-bond donors (Lipinski definition) is 7. The summed E-state index contributed by atoms with van der Waals surface area (Å²) >= 11 is 0. The smallest absolute Gasteiger partial charge is 0.123 e. The van der Waals surface area contributed by atoms with Crippen molar-refractivity contribution in [3.63, 3.8) is 0 Å². The first kappa shape index (κ1) is 53.2. The number of aryl methyl sites for hydroxylation is 1. The van der Waals surface area contributed by atoms with Crippen molar-refractivity contribution in [3.05, 3.63) is 240 Å². The van der Waals surface area contributed by atoms with Crippen molar-refractivity contribution in [2.45, 2.75) is 135 Å². The predicted octanol–water partition coefficient (Wildman–Crippen LogP) is 16.2. The summed E-state index contributed by atoms with van der Waals surface area (Å²) in [6, 6.07) is 45.7. The van der Waals surface area contributed by atoms with Crippen LogP contribution in [0.5, 0.6) is 40.2 Å². The van der Waals surface area contributed by atoms with Crippen LogP contribution in [0.25, 0.3) is 0 Å². The molecule has 0 radical (unpaired) electrons. The second-order valence-electron chi connectivity index (χ2n) is 25.4. The molecule has 1 aliphatic carbocycles. The van der Waals surface area contributed by atoms with E-state index >= 15 is 0 Å². The molecule has 0 saturated carbocycles. The van der Waals surface area contributed by atoms with E-state index in [4.69, 9.17) is 0 Å². The van der Waals surface area contributed by atoms with Crippen LogP contribution in [0, 0.1) is 6.92 Å². The van der Waals surface area contributed by atoms with E-state index in [9.17, 15) is 35.7 Å². The van der Waals surface area contributed by atoms with Crippen molar-refractivity contribution in [1.82, 2.24) is 0 Å². The molecule has 8 aromatic rings. The summed E-state index contributed by atoms with van der Waals surface area (Å²) in [5.41, 5.74) is 10.9. The summed E-state index contributed by atoms with van der Waals surface area (Å²) in [5, 5.41) is 86.7. The molecular formula is C69H74O7. The minimum atomic E-state index is -0.903. The third kappa shape index (κ3) is 10.0. The molecule has 8 bridgehead atoms. The van der Waals surface area contributed by atoms with E-state index in [1.165, 1.54) is 18.2 Å². The Kier molecular flexibility index (Phi) is 13.4. The molecule has 1 aliphatic rings. The van der Waals surface area contributed by atoms with Crippen LogP contribution in [-0.2, 0) is 21.7 Å². The van der Waals surface area contributed by atoms with Gasteiger partial charge in [-0.1, -0.05) is 180 Å². The molecule has 0 heterocycles. The zero-order valence-corrected chi connectivity index (χ0v) is 46.3. The van der Waals surface area contributed by atoms with Crippen LogP contribution >= 0.6 is 0 Å². The molecule has 4 atom stereocenters. The second kappa shape index (κ2) is 19.2. The van der Waals surface area contributed by atoms with Crippen molar-refractivity contribution in [2.24, 2.45) is 0 Å². The molecule has 8 aromatic carbocycles. The molecule has 0 aliphatic heterocycles. The molecule has 0 amide bonds. The molecule has 0 saturated heterocycles. The Hall–Kier alpha value is -7.64. The van der Waals surface area contributed by atoms with Gasteiger partial charge in [0.15, 0.2) is 0 Å². The molecule has 7 N–H and O–H groups in total. The number of fused-ring (bicyclic) bond motifs is 8. The van der Waals surface area contributed by atoms with Gasteiger partial charge >= 0.3 is 0 Å². The normalized spacial score (nSPS) is 17.1. The van der Waals surface area contributed by atoms with E-state index < -0.39 is 23.7 Å². The fourth-order valence-corrected chi connectivity index (χ4v) is 11.3. The molecule has 4 unspecified atom stereocenters. The van der Waals surface area contributed by atoms with Gasteiger partial charge in [0, 0.05) is 80.8 Å². The molecule has 9 rings (SSSR count). The number of aromatic hydroxyl groups is 7. The van der Waals surface area contributed by atoms with Crippen LogP contribution < -0.4 is 0 Å². The topological polar surface area (TPSA) is 142 Å². The van der Waals surface area contributed by atoms with Crippen LogP contribution in [0.3, 0.4) is 0 Å². The zero-order chi connectivity index (χ0) is 55.1. The SMILES string of the molecule is Cc1cc(O)c2cc1C(c1ccc(C(C)(C)C)cc1)c1cc(c(O)cc1O)C(c1ccc(C(C)(C)C)cc1)c1cc(c(O)cc1O)C(c1ccc(C(C)(C)C)cc1)c1cc(c(O)cc1O)C2c1ccc(C(C)(C)C)cc1. The summed E-state index contributed by atoms with van der Waals surface area (Å²) in [7, 11) is 0. The van der Waals surface area contributed by atoms with Gasteiger partial charge in [0.2, 0.25) is 0 Å². The summed E-state index contributed by atoms with van der Waals surface area (Å²) in [4.78, 5) is 0. The molecule has 0 spiro atoms. The quantitative estimate of drug-likeness (QED) is 0.0931. The number of phenolic OH excluding ortho intramolecular Hbond substituents is 7. The highest BCUT2D eigenvalue weighted by Crippen LogP contribution is 2.53. The first-order chi connectivity index (χ1) is 35.5. The van der Waals surface area contributed by atoms with Crippen molar-refractivity contribution in [3.8, 4) is 40.2 Å². The Morgan fingerprint density at radius 3 is 0.605 bits per heavy atom. The number of benzene rings is 8. The molecule has 7 nitrogen and oxygen atoms in total. The molecule has 0 fully saturated rings. The highest BCUT2D eigenvalue weighted by atomic mass is 16.3. The number of phenols is 7. The molecule has 0 aromatic heterocycles. The highest BCUT2D eigenvalue weighted by Gasteiger charge is 2.36. The van der Waals surface area contributed by atoms with Gasteiger partial charge in [-0.05, 0) is 115 Å². The maximum Gasteiger partial charge on any atom is 0.123 e. The average molecular weight is 1020 g/mol. The Balaban J connectivity index is 1.46. The predicted molar refractivity (Wildman–Crippen MR) is 307 cm³/mol. The van der Waals surface area contributed by atoms with Crippen LogP contribution in [0.1, 0.15) is 201 Å². The minimum absolute atomic E-state index is 0.0207. The fourth-order valence-electron chi connectivity index (χ4n) is 11.3. The summed E-state index contributed by atoms with van der Waals surface area (Å²) < 4.78 is 0. The van der Waals surface area contributed by atoms with Crippen molar-refractivity contribution in [2.75, 3.05) is 0 Å². The lowest BCUT2D eigenvalue weighted by molar-refractivity contribution is 0.433. The van der Waals surface area contributed by atoms with Gasteiger partial charge in [-0.2, -0.15) is 0 Å². The first-order valence-electron chi connectivity index (χ1n) is 26.4. The van der Waals surface area contributed by atoms with Crippen LogP contribution in [0.2, 0.25) is 0 Å². The Labute approximate surface area is 449 Å². The Bertz CT molecular complexity index is 2900. The van der Waals surface area contributed by atoms with Crippen molar-refractivity contribution >= 4 is 0 Å². The number of hydrogen-bond acceptors (Lipinski definition) is 7. The van der Waals surface area contributed by atoms with Crippen LogP contribution in [0.4, 0.5) is 0 Å². The van der Waals surface area contributed by atoms with Crippen molar-refractivity contribution in [1.29, 1.82) is 0 Å². The zero-order valence-electron chi connectivity index (χ0n) is 46.3. The van der Waals surface area contributed by atoms with Gasteiger partial charge in [-0.15, -0.1) is 0 Å². The summed E-state index contributed by atoms with van der Waals surface area (Å²) in [5.74, 6) is -4.61. The Morgan fingerprint density at radius 2 is 0.408 bits per heavy atom. The Morgan fingerprint density at radius 1 is 0.237 bits per heavy atom. The van der Waals surface area contributed by atoms with E-state index in [1.54, 1.807) is 18.2 Å². The summed E-state index contributed by atoms with van der Waals surface area (Å²) in [6.07, 6.45) is 0. The standard InChI is InChI=1S/C69H74O7/c1-38-30-55(70)48-31-47(38)62(39-14-22-43(23-15-39)66(2,3)4)49-32-50(57(72)35-56(49)71)64(41-18-26-45(27-19-41)68(8,9)10)53-34-54(61(76)37-60(53)75)65(42-20-28-46(29-21-42)69(11,12)13)52-33-51(58(73)36-59(52)74)63(48)40-16-24-44(25-17-40)67(5,6)7/h14-37,62-65,70-76H,1-13H3. The molecule has 392 valence electrons. The van der Waals surface area contributed by atoms with E-state index in [0.29, 0.717) is 44.5 Å². The monoisotopic (exact) mass is 1010 g/mol. The second-order valence-corrected chi connectivity index (χ2v) is 25.4. The minimum Gasteiger partial charge on any atom is -0.508 e. The van der Waals surface area contributed by atoms with Gasteiger partial charge in [-0.25, -0.2) is 0 Å².